The molecule has 0 radical (unpaired) electrons. The molecule has 0 saturated carbocycles. The summed E-state index contributed by atoms with van der Waals surface area (Å²) < 4.78 is 41.7. The van der Waals surface area contributed by atoms with Crippen LogP contribution in [0.25, 0.3) is 0 Å². The Morgan fingerprint density at radius 3 is 2.55 bits per heavy atom. The predicted octanol–water partition coefficient (Wildman–Crippen LogP) is 2.12. The summed E-state index contributed by atoms with van der Waals surface area (Å²) in [6, 6.07) is 1.48. The second kappa shape index (κ2) is 6.64. The van der Waals surface area contributed by atoms with Gasteiger partial charge in [0.2, 0.25) is 11.7 Å². The summed E-state index contributed by atoms with van der Waals surface area (Å²) in [7, 11) is 0. The Balaban J connectivity index is 3.13. The van der Waals surface area contributed by atoms with Crippen LogP contribution in [0.3, 0.4) is 0 Å². The minimum absolute atomic E-state index is 0.150. The maximum Gasteiger partial charge on any atom is 0.449 e. The van der Waals surface area contributed by atoms with E-state index in [0.29, 0.717) is 6.21 Å². The number of halogens is 3. The molecule has 1 heterocycles. The number of ether oxygens (including phenoxy) is 1. The van der Waals surface area contributed by atoms with Crippen LogP contribution < -0.4 is 0 Å². The van der Waals surface area contributed by atoms with E-state index in [4.69, 9.17) is 5.11 Å². The molecule has 6 nitrogen and oxygen atoms in total. The smallest absolute Gasteiger partial charge is 0.449 e. The highest BCUT2D eigenvalue weighted by atomic mass is 19.4. The highest BCUT2D eigenvalue weighted by molar-refractivity contribution is 6.10. The number of aliphatic imine (C=N–C) groups is 1. The van der Waals surface area contributed by atoms with Crippen LogP contribution in [0, 0.1) is 0 Å². The summed E-state index contributed by atoms with van der Waals surface area (Å²) in [5.41, 5.74) is -1.12. The fourth-order valence-electron chi connectivity index (χ4n) is 1.05. The second-order valence-electron chi connectivity index (χ2n) is 3.29. The van der Waals surface area contributed by atoms with Gasteiger partial charge in [-0.3, -0.25) is 0 Å². The van der Waals surface area contributed by atoms with Gasteiger partial charge in [-0.15, -0.1) is 0 Å². The molecule has 0 saturated heterocycles. The summed E-state index contributed by atoms with van der Waals surface area (Å²) in [4.78, 5) is 22.1. The zero-order valence-electron chi connectivity index (χ0n) is 10.3. The molecular weight excluding hydrogens is 279 g/mol. The van der Waals surface area contributed by atoms with Gasteiger partial charge in [0, 0.05) is 18.6 Å². The van der Waals surface area contributed by atoms with Crippen molar-refractivity contribution in [1.82, 2.24) is 9.97 Å². The Morgan fingerprint density at radius 2 is 2.05 bits per heavy atom. The van der Waals surface area contributed by atoms with Gasteiger partial charge >= 0.3 is 12.1 Å². The number of rotatable bonds is 4. The third-order valence-electron chi connectivity index (χ3n) is 1.88. The third-order valence-corrected chi connectivity index (χ3v) is 1.88. The van der Waals surface area contributed by atoms with Crippen molar-refractivity contribution in [2.45, 2.75) is 13.1 Å². The Bertz CT molecular complexity index is 527. The summed E-state index contributed by atoms with van der Waals surface area (Å²) in [5.74, 6) is -3.60. The molecule has 20 heavy (non-hydrogen) atoms. The molecule has 0 aromatic carbocycles. The van der Waals surface area contributed by atoms with Crippen molar-refractivity contribution < 1.29 is 27.8 Å². The van der Waals surface area contributed by atoms with Gasteiger partial charge in [-0.1, -0.05) is 0 Å². The van der Waals surface area contributed by atoms with Gasteiger partial charge in [0.05, 0.1) is 6.61 Å². The van der Waals surface area contributed by atoms with E-state index < -0.39 is 23.5 Å². The van der Waals surface area contributed by atoms with E-state index in [1.807, 2.05) is 0 Å². The molecule has 9 heteroatoms. The van der Waals surface area contributed by atoms with Crippen LogP contribution in [-0.4, -0.2) is 40.0 Å². The lowest BCUT2D eigenvalue weighted by atomic mass is 10.2. The first-order valence-corrected chi connectivity index (χ1v) is 5.35. The molecule has 0 atom stereocenters. The normalized spacial score (nSPS) is 13.2. The van der Waals surface area contributed by atoms with E-state index in [0.717, 1.165) is 0 Å². The Labute approximate surface area is 111 Å². The maximum atomic E-state index is 12.4. The number of carbonyl (C=O) groups is 1. The highest BCUT2D eigenvalue weighted by Gasteiger charge is 2.38. The number of allylic oxidation sites excluding steroid dienone is 1. The molecule has 0 aliphatic rings. The second-order valence-corrected chi connectivity index (χ2v) is 3.29. The molecular formula is C11H10F3N3O3. The summed E-state index contributed by atoms with van der Waals surface area (Å²) in [5, 5.41) is 9.04. The average Bonchev–Trinajstić information content (AvgIpc) is 2.39. The number of carbonyl (C=O) groups excluding carboxylic acids is 1. The number of hydrogen-bond donors (Lipinski definition) is 1. The van der Waals surface area contributed by atoms with E-state index in [2.05, 4.69) is 19.7 Å². The quantitative estimate of drug-likeness (QED) is 0.397. The van der Waals surface area contributed by atoms with Gasteiger partial charge in [-0.2, -0.15) is 13.2 Å². The predicted molar refractivity (Wildman–Crippen MR) is 62.5 cm³/mol. The van der Waals surface area contributed by atoms with E-state index in [1.165, 1.54) is 25.4 Å². The molecule has 0 aliphatic carbocycles. The zero-order chi connectivity index (χ0) is 15.2. The van der Waals surface area contributed by atoms with Crippen molar-refractivity contribution in [3.63, 3.8) is 0 Å². The molecule has 0 spiro atoms. The SMILES string of the molecule is CCOC(=O)C(/C=N/c1ncccn1)=C(/O)C(F)(F)F. The monoisotopic (exact) mass is 289 g/mol. The van der Waals surface area contributed by atoms with Crippen molar-refractivity contribution in [3.8, 4) is 0 Å². The summed E-state index contributed by atoms with van der Waals surface area (Å²) in [6.07, 6.45) is -1.95. The van der Waals surface area contributed by atoms with E-state index in [9.17, 15) is 18.0 Å². The fraction of sp³-hybridized carbons (Fsp3) is 0.273. The van der Waals surface area contributed by atoms with Crippen LogP contribution in [0.15, 0.2) is 34.8 Å². The largest absolute Gasteiger partial charge is 0.504 e. The average molecular weight is 289 g/mol. The van der Waals surface area contributed by atoms with Crippen molar-refractivity contribution in [2.24, 2.45) is 4.99 Å². The van der Waals surface area contributed by atoms with Gasteiger partial charge in [0.1, 0.15) is 5.57 Å². The topological polar surface area (TPSA) is 84.7 Å². The summed E-state index contributed by atoms with van der Waals surface area (Å²) >= 11 is 0. The first-order chi connectivity index (χ1) is 9.36. The number of nitrogens with zero attached hydrogens (tertiary/aromatic N) is 3. The lowest BCUT2D eigenvalue weighted by Crippen LogP contribution is -2.20. The van der Waals surface area contributed by atoms with Gasteiger partial charge in [-0.25, -0.2) is 19.8 Å². The Hall–Kier alpha value is -2.45. The van der Waals surface area contributed by atoms with Crippen LogP contribution in [0.2, 0.25) is 0 Å². The molecule has 0 fully saturated rings. The standard InChI is InChI=1S/C11H10F3N3O3/c1-2-20-9(19)7(8(18)11(12,13)14)6-17-10-15-4-3-5-16-10/h3-6,18H,2H2,1H3/b8-7+,17-6+. The molecule has 1 aromatic heterocycles. The summed E-state index contributed by atoms with van der Waals surface area (Å²) in [6.45, 7) is 1.26. The van der Waals surface area contributed by atoms with Gasteiger partial charge in [-0.05, 0) is 13.0 Å². The molecule has 0 aliphatic heterocycles. The molecule has 1 N–H and O–H groups in total. The minimum atomic E-state index is -5.09. The zero-order valence-corrected chi connectivity index (χ0v) is 10.3. The molecule has 1 rings (SSSR count). The number of aromatic nitrogens is 2. The lowest BCUT2D eigenvalue weighted by molar-refractivity contribution is -0.141. The molecule has 0 bridgehead atoms. The van der Waals surface area contributed by atoms with Crippen LogP contribution in [0.5, 0.6) is 0 Å². The maximum absolute atomic E-state index is 12.4. The van der Waals surface area contributed by atoms with Gasteiger partial charge in [0.15, 0.2) is 0 Å². The van der Waals surface area contributed by atoms with E-state index >= 15 is 0 Å². The van der Waals surface area contributed by atoms with Crippen LogP contribution in [-0.2, 0) is 9.53 Å². The van der Waals surface area contributed by atoms with E-state index in [-0.39, 0.29) is 12.6 Å². The number of alkyl halides is 3. The molecule has 108 valence electrons. The highest BCUT2D eigenvalue weighted by Crippen LogP contribution is 2.26. The van der Waals surface area contributed by atoms with Crippen LogP contribution >= 0.6 is 0 Å². The number of aliphatic hydroxyl groups excluding tert-OH is 1. The first-order valence-electron chi connectivity index (χ1n) is 5.35. The van der Waals surface area contributed by atoms with Gasteiger partial charge < -0.3 is 9.84 Å². The Morgan fingerprint density at radius 1 is 1.45 bits per heavy atom. The number of aliphatic hydroxyl groups is 1. The van der Waals surface area contributed by atoms with Crippen LogP contribution in [0.4, 0.5) is 19.1 Å². The van der Waals surface area contributed by atoms with Crippen LogP contribution in [0.1, 0.15) is 6.92 Å². The number of hydrogen-bond acceptors (Lipinski definition) is 6. The minimum Gasteiger partial charge on any atom is -0.504 e. The fourth-order valence-corrected chi connectivity index (χ4v) is 1.05. The molecule has 1 aromatic rings. The van der Waals surface area contributed by atoms with E-state index in [1.54, 1.807) is 0 Å². The lowest BCUT2D eigenvalue weighted by Gasteiger charge is -2.08. The first kappa shape index (κ1) is 15.6. The van der Waals surface area contributed by atoms with Crippen molar-refractivity contribution in [1.29, 1.82) is 0 Å². The number of esters is 1. The third kappa shape index (κ3) is 4.34. The van der Waals surface area contributed by atoms with Crippen molar-refractivity contribution >= 4 is 18.1 Å². The van der Waals surface area contributed by atoms with Gasteiger partial charge in [0.25, 0.3) is 0 Å². The van der Waals surface area contributed by atoms with Crippen molar-refractivity contribution in [3.05, 3.63) is 29.8 Å². The van der Waals surface area contributed by atoms with Crippen molar-refractivity contribution in [2.75, 3.05) is 6.61 Å². The molecule has 0 unspecified atom stereocenters. The Kier molecular flexibility index (Phi) is 5.18. The molecule has 0 amide bonds.